The van der Waals surface area contributed by atoms with E-state index in [9.17, 15) is 0 Å². The minimum absolute atomic E-state index is 0.528. The van der Waals surface area contributed by atoms with Gasteiger partial charge in [-0.25, -0.2) is 0 Å². The predicted molar refractivity (Wildman–Crippen MR) is 83.3 cm³/mol. The lowest BCUT2D eigenvalue weighted by atomic mass is 10.3. The summed E-state index contributed by atoms with van der Waals surface area (Å²) in [6.07, 6.45) is 5.56. The Kier molecular flexibility index (Phi) is 4.21. The Balaban J connectivity index is 1.74. The maximum absolute atomic E-state index is 4.62. The van der Waals surface area contributed by atoms with Crippen molar-refractivity contribution in [3.05, 3.63) is 29.5 Å². The summed E-state index contributed by atoms with van der Waals surface area (Å²) in [4.78, 5) is 4.95. The van der Waals surface area contributed by atoms with Crippen LogP contribution in [0.5, 0.6) is 0 Å². The molecule has 0 spiro atoms. The van der Waals surface area contributed by atoms with E-state index < -0.39 is 0 Å². The summed E-state index contributed by atoms with van der Waals surface area (Å²) in [6.45, 7) is 5.32. The molecule has 0 amide bonds. The van der Waals surface area contributed by atoms with Crippen molar-refractivity contribution in [2.75, 3.05) is 6.54 Å². The highest BCUT2D eigenvalue weighted by atomic mass is 32.1. The molecule has 110 valence electrons. The Morgan fingerprint density at radius 2 is 2.24 bits per heavy atom. The van der Waals surface area contributed by atoms with E-state index in [1.54, 1.807) is 23.7 Å². The van der Waals surface area contributed by atoms with Gasteiger partial charge in [-0.05, 0) is 25.1 Å². The molecule has 0 bridgehead atoms. The summed E-state index contributed by atoms with van der Waals surface area (Å²) in [7, 11) is 0. The van der Waals surface area contributed by atoms with E-state index in [0.717, 1.165) is 40.7 Å². The summed E-state index contributed by atoms with van der Waals surface area (Å²) in [5.74, 6) is 0.751. The maximum Gasteiger partial charge on any atom is 0.234 e. The Morgan fingerprint density at radius 1 is 1.33 bits per heavy atom. The number of aromatic nitrogens is 5. The number of hydrogen-bond acceptors (Lipinski definition) is 6. The maximum atomic E-state index is 4.62. The fourth-order valence-corrected chi connectivity index (χ4v) is 2.94. The molecule has 0 fully saturated rings. The zero-order valence-electron chi connectivity index (χ0n) is 12.2. The number of nitrogens with one attached hydrogen (secondary N) is 1. The summed E-state index contributed by atoms with van der Waals surface area (Å²) in [6, 6.07) is 4.39. The van der Waals surface area contributed by atoms with Gasteiger partial charge in [-0.15, -0.1) is 10.2 Å². The van der Waals surface area contributed by atoms with Crippen molar-refractivity contribution in [2.45, 2.75) is 32.7 Å². The molecule has 0 unspecified atom stereocenters. The summed E-state index contributed by atoms with van der Waals surface area (Å²) >= 11 is 1.60. The quantitative estimate of drug-likeness (QED) is 0.707. The lowest BCUT2D eigenvalue weighted by Crippen LogP contribution is -2.23. The highest BCUT2D eigenvalue weighted by Gasteiger charge is 2.13. The van der Waals surface area contributed by atoms with E-state index >= 15 is 0 Å². The van der Waals surface area contributed by atoms with Gasteiger partial charge < -0.3 is 5.32 Å². The van der Waals surface area contributed by atoms with Crippen molar-refractivity contribution in [2.24, 2.45) is 0 Å². The van der Waals surface area contributed by atoms with Crippen LogP contribution in [0.25, 0.3) is 16.3 Å². The number of aryl methyl sites for hydroxylation is 1. The standard InChI is InChI=1S/C14H18N6S/c1-10(2)16-8-4-6-12-19-20-13(17-18-14(20)21-12)11-5-3-7-15-9-11/h3,5,7,9-10,16H,4,6,8H2,1-2H3. The van der Waals surface area contributed by atoms with Crippen LogP contribution in [-0.2, 0) is 6.42 Å². The lowest BCUT2D eigenvalue weighted by Gasteiger charge is -2.05. The molecule has 1 N–H and O–H groups in total. The first-order valence-electron chi connectivity index (χ1n) is 7.09. The first-order valence-corrected chi connectivity index (χ1v) is 7.90. The second kappa shape index (κ2) is 6.28. The molecule has 0 saturated heterocycles. The lowest BCUT2D eigenvalue weighted by molar-refractivity contribution is 0.569. The van der Waals surface area contributed by atoms with Crippen molar-refractivity contribution in [1.82, 2.24) is 30.1 Å². The van der Waals surface area contributed by atoms with Crippen molar-refractivity contribution in [1.29, 1.82) is 0 Å². The van der Waals surface area contributed by atoms with Gasteiger partial charge in [0.05, 0.1) is 0 Å². The van der Waals surface area contributed by atoms with Crippen LogP contribution < -0.4 is 5.32 Å². The van der Waals surface area contributed by atoms with Crippen molar-refractivity contribution >= 4 is 16.3 Å². The molecule has 7 heteroatoms. The molecule has 21 heavy (non-hydrogen) atoms. The van der Waals surface area contributed by atoms with E-state index in [2.05, 4.69) is 39.4 Å². The predicted octanol–water partition coefficient (Wildman–Crippen LogP) is 2.18. The average molecular weight is 302 g/mol. The summed E-state index contributed by atoms with van der Waals surface area (Å²) in [5, 5.41) is 17.5. The fraction of sp³-hybridized carbons (Fsp3) is 0.429. The van der Waals surface area contributed by atoms with Gasteiger partial charge >= 0.3 is 0 Å². The summed E-state index contributed by atoms with van der Waals surface area (Å²) < 4.78 is 1.81. The van der Waals surface area contributed by atoms with E-state index in [0.29, 0.717) is 6.04 Å². The van der Waals surface area contributed by atoms with Crippen LogP contribution in [0.15, 0.2) is 24.5 Å². The van der Waals surface area contributed by atoms with E-state index in [4.69, 9.17) is 0 Å². The van der Waals surface area contributed by atoms with Crippen molar-refractivity contribution < 1.29 is 0 Å². The Morgan fingerprint density at radius 3 is 3.00 bits per heavy atom. The molecule has 0 atom stereocenters. The molecular weight excluding hydrogens is 284 g/mol. The zero-order valence-corrected chi connectivity index (χ0v) is 13.0. The Bertz CT molecular complexity index is 703. The van der Waals surface area contributed by atoms with E-state index in [-0.39, 0.29) is 0 Å². The molecule has 3 aromatic rings. The molecule has 0 aliphatic heterocycles. The second-order valence-electron chi connectivity index (χ2n) is 5.17. The van der Waals surface area contributed by atoms with Crippen LogP contribution in [0.2, 0.25) is 0 Å². The first kappa shape index (κ1) is 14.1. The molecule has 0 aliphatic rings. The smallest absolute Gasteiger partial charge is 0.234 e. The zero-order chi connectivity index (χ0) is 14.7. The Labute approximate surface area is 127 Å². The molecule has 0 aliphatic carbocycles. The van der Waals surface area contributed by atoms with Gasteiger partial charge in [-0.1, -0.05) is 25.2 Å². The molecular formula is C14H18N6S. The topological polar surface area (TPSA) is 68.0 Å². The van der Waals surface area contributed by atoms with Gasteiger partial charge in [0.1, 0.15) is 5.01 Å². The Hall–Kier alpha value is -1.86. The normalized spacial score (nSPS) is 11.6. The van der Waals surface area contributed by atoms with Crippen LogP contribution in [0, 0.1) is 0 Å². The summed E-state index contributed by atoms with van der Waals surface area (Å²) in [5.41, 5.74) is 0.934. The minimum Gasteiger partial charge on any atom is -0.315 e. The van der Waals surface area contributed by atoms with E-state index in [1.165, 1.54) is 0 Å². The third-order valence-corrected chi connectivity index (χ3v) is 4.03. The van der Waals surface area contributed by atoms with Gasteiger partial charge in [0.15, 0.2) is 5.82 Å². The molecule has 6 nitrogen and oxygen atoms in total. The van der Waals surface area contributed by atoms with Gasteiger partial charge in [0.2, 0.25) is 4.96 Å². The largest absolute Gasteiger partial charge is 0.315 e. The second-order valence-corrected chi connectivity index (χ2v) is 6.21. The van der Waals surface area contributed by atoms with Crippen LogP contribution in [0.3, 0.4) is 0 Å². The minimum atomic E-state index is 0.528. The highest BCUT2D eigenvalue weighted by molar-refractivity contribution is 7.16. The monoisotopic (exact) mass is 302 g/mol. The molecule has 3 aromatic heterocycles. The molecule has 0 saturated carbocycles. The fourth-order valence-electron chi connectivity index (χ4n) is 2.06. The van der Waals surface area contributed by atoms with Gasteiger partial charge in [0.25, 0.3) is 0 Å². The number of rotatable bonds is 6. The highest BCUT2D eigenvalue weighted by Crippen LogP contribution is 2.21. The van der Waals surface area contributed by atoms with Gasteiger partial charge in [0, 0.05) is 30.4 Å². The average Bonchev–Trinajstić information content (AvgIpc) is 3.04. The first-order chi connectivity index (χ1) is 10.2. The molecule has 0 aromatic carbocycles. The van der Waals surface area contributed by atoms with Crippen LogP contribution in [-0.4, -0.2) is 37.4 Å². The van der Waals surface area contributed by atoms with Crippen molar-refractivity contribution in [3.63, 3.8) is 0 Å². The third-order valence-electron chi connectivity index (χ3n) is 3.07. The van der Waals surface area contributed by atoms with Gasteiger partial charge in [-0.3, -0.25) is 4.98 Å². The number of hydrogen-bond donors (Lipinski definition) is 1. The van der Waals surface area contributed by atoms with Crippen molar-refractivity contribution in [3.8, 4) is 11.4 Å². The molecule has 3 rings (SSSR count). The SMILES string of the molecule is CC(C)NCCCc1nn2c(-c3cccnc3)nnc2s1. The van der Waals surface area contributed by atoms with Gasteiger partial charge in [-0.2, -0.15) is 9.61 Å². The van der Waals surface area contributed by atoms with Crippen LogP contribution in [0.1, 0.15) is 25.3 Å². The third kappa shape index (κ3) is 3.25. The van der Waals surface area contributed by atoms with E-state index in [1.807, 2.05) is 16.6 Å². The van der Waals surface area contributed by atoms with Crippen LogP contribution in [0.4, 0.5) is 0 Å². The number of nitrogens with zero attached hydrogens (tertiary/aromatic N) is 5. The number of fused-ring (bicyclic) bond motifs is 1. The number of pyridine rings is 1. The van der Waals surface area contributed by atoms with Crippen LogP contribution >= 0.6 is 11.3 Å². The molecule has 3 heterocycles. The molecule has 0 radical (unpaired) electrons.